The first-order chi connectivity index (χ1) is 18.6. The van der Waals surface area contributed by atoms with Crippen LogP contribution in [0.5, 0.6) is 0 Å². The lowest BCUT2D eigenvalue weighted by molar-refractivity contribution is -0.142. The molecule has 3 fully saturated rings. The number of hydrogen-bond acceptors (Lipinski definition) is 9. The van der Waals surface area contributed by atoms with Gasteiger partial charge < -0.3 is 30.1 Å². The van der Waals surface area contributed by atoms with Crippen molar-refractivity contribution in [2.45, 2.75) is 101 Å². The lowest BCUT2D eigenvalue weighted by Gasteiger charge is -2.30. The van der Waals surface area contributed by atoms with Crippen molar-refractivity contribution in [1.82, 2.24) is 20.3 Å². The minimum Gasteiger partial charge on any atom is -0.444 e. The van der Waals surface area contributed by atoms with Gasteiger partial charge in [0, 0.05) is 19.6 Å². The van der Waals surface area contributed by atoms with Crippen molar-refractivity contribution in [1.29, 1.82) is 0 Å². The molecule has 4 amide bonds. The molecule has 226 valence electrons. The molecule has 1 saturated heterocycles. The van der Waals surface area contributed by atoms with Gasteiger partial charge in [0.1, 0.15) is 23.2 Å². The van der Waals surface area contributed by atoms with E-state index >= 15 is 0 Å². The van der Waals surface area contributed by atoms with E-state index in [2.05, 4.69) is 21.9 Å². The van der Waals surface area contributed by atoms with Gasteiger partial charge in [0.2, 0.25) is 21.8 Å². The molecule has 1 heterocycles. The quantitative estimate of drug-likeness (QED) is 0.175. The smallest absolute Gasteiger partial charge is 0.408 e. The Morgan fingerprint density at radius 3 is 2.42 bits per heavy atom. The number of sulfonamides is 1. The summed E-state index contributed by atoms with van der Waals surface area (Å²) in [7, 11) is -3.82. The summed E-state index contributed by atoms with van der Waals surface area (Å²) in [6.07, 6.45) is 2.31. The van der Waals surface area contributed by atoms with Crippen LogP contribution in [0.4, 0.5) is 4.79 Å². The normalized spacial score (nSPS) is 26.9. The summed E-state index contributed by atoms with van der Waals surface area (Å²) in [6, 6.07) is -2.36. The van der Waals surface area contributed by atoms with Crippen molar-refractivity contribution >= 4 is 33.8 Å². The third-order valence-electron chi connectivity index (χ3n) is 7.09. The van der Waals surface area contributed by atoms with Gasteiger partial charge in [0.05, 0.1) is 18.0 Å². The molecule has 0 unspecified atom stereocenters. The average Bonchev–Trinajstić information content (AvgIpc) is 3.75. The molecule has 0 radical (unpaired) electrons. The van der Waals surface area contributed by atoms with Crippen molar-refractivity contribution < 1.29 is 42.2 Å². The van der Waals surface area contributed by atoms with Crippen LogP contribution in [-0.4, -0.2) is 96.6 Å². The molecule has 2 aliphatic carbocycles. The number of likely N-dealkylation sites (tertiary alicyclic amines) is 1. The SMILES string of the molecule is C=CCCCOC[C@H](NC(=O)OC(C)(C)C)C(=O)N1C[C@H](O)C[C@H]1C(=O)N[C@]1(C(=O)NS(=O)(=O)C2CC2)C[C@H]1C. The molecule has 14 heteroatoms. The van der Waals surface area contributed by atoms with Crippen molar-refractivity contribution in [2.24, 2.45) is 5.92 Å². The summed E-state index contributed by atoms with van der Waals surface area (Å²) < 4.78 is 37.6. The van der Waals surface area contributed by atoms with Crippen LogP contribution in [0.3, 0.4) is 0 Å². The van der Waals surface area contributed by atoms with Gasteiger partial charge in [-0.05, 0) is 58.8 Å². The number of carbonyl (C=O) groups excluding carboxylic acids is 4. The van der Waals surface area contributed by atoms with Gasteiger partial charge in [-0.2, -0.15) is 0 Å². The van der Waals surface area contributed by atoms with Crippen molar-refractivity contribution in [3.63, 3.8) is 0 Å². The molecule has 1 aliphatic heterocycles. The van der Waals surface area contributed by atoms with E-state index in [0.717, 1.165) is 4.90 Å². The molecule has 0 aromatic heterocycles. The third kappa shape index (κ3) is 8.16. The van der Waals surface area contributed by atoms with Crippen molar-refractivity contribution in [2.75, 3.05) is 19.8 Å². The largest absolute Gasteiger partial charge is 0.444 e. The van der Waals surface area contributed by atoms with Crippen LogP contribution in [-0.2, 0) is 33.9 Å². The van der Waals surface area contributed by atoms with Gasteiger partial charge in [-0.25, -0.2) is 13.2 Å². The number of hydrogen-bond donors (Lipinski definition) is 4. The lowest BCUT2D eigenvalue weighted by Crippen LogP contribution is -2.59. The number of β-amino-alcohol motifs (C(OH)–C–C–N with tert-alkyl or cyclic N) is 1. The van der Waals surface area contributed by atoms with Crippen LogP contribution in [0.25, 0.3) is 0 Å². The number of alkyl carbamates (subject to hydrolysis) is 1. The molecule has 4 N–H and O–H groups in total. The highest BCUT2D eigenvalue weighted by Gasteiger charge is 2.60. The van der Waals surface area contributed by atoms with E-state index in [1.807, 2.05) is 0 Å². The molecule has 2 saturated carbocycles. The number of nitrogens with zero attached hydrogens (tertiary/aromatic N) is 1. The fourth-order valence-corrected chi connectivity index (χ4v) is 5.98. The van der Waals surface area contributed by atoms with E-state index in [-0.39, 0.29) is 31.9 Å². The molecule has 0 spiro atoms. The second-order valence-electron chi connectivity index (χ2n) is 11.8. The Labute approximate surface area is 235 Å². The highest BCUT2D eigenvalue weighted by molar-refractivity contribution is 7.91. The molecule has 3 rings (SSSR count). The first kappa shape index (κ1) is 31.8. The van der Waals surface area contributed by atoms with Gasteiger partial charge in [0.15, 0.2) is 0 Å². The lowest BCUT2D eigenvalue weighted by atomic mass is 10.1. The van der Waals surface area contributed by atoms with E-state index in [1.54, 1.807) is 33.8 Å². The second kappa shape index (κ2) is 12.4. The molecular weight excluding hydrogens is 544 g/mol. The van der Waals surface area contributed by atoms with Crippen LogP contribution in [0.15, 0.2) is 12.7 Å². The molecule has 0 aromatic rings. The Morgan fingerprint density at radius 1 is 1.23 bits per heavy atom. The Hall–Kier alpha value is -2.71. The van der Waals surface area contributed by atoms with Crippen LogP contribution in [0, 0.1) is 5.92 Å². The number of ether oxygens (including phenoxy) is 2. The zero-order valence-electron chi connectivity index (χ0n) is 23.6. The predicted octanol–water partition coefficient (Wildman–Crippen LogP) is 0.328. The molecule has 3 aliphatic rings. The zero-order chi connectivity index (χ0) is 29.9. The first-order valence-corrected chi connectivity index (χ1v) is 15.2. The molecule has 40 heavy (non-hydrogen) atoms. The second-order valence-corrected chi connectivity index (χ2v) is 13.8. The Kier molecular flexibility index (Phi) is 9.89. The summed E-state index contributed by atoms with van der Waals surface area (Å²) in [5.74, 6) is -2.50. The topological polar surface area (TPSA) is 180 Å². The summed E-state index contributed by atoms with van der Waals surface area (Å²) in [5.41, 5.74) is -2.25. The Morgan fingerprint density at radius 2 is 1.88 bits per heavy atom. The van der Waals surface area contributed by atoms with Crippen LogP contribution < -0.4 is 15.4 Å². The monoisotopic (exact) mass is 586 g/mol. The Balaban J connectivity index is 1.72. The van der Waals surface area contributed by atoms with Gasteiger partial charge in [-0.15, -0.1) is 6.58 Å². The summed E-state index contributed by atoms with van der Waals surface area (Å²) in [6.45, 7) is 10.3. The van der Waals surface area contributed by atoms with Crippen LogP contribution in [0.1, 0.15) is 66.2 Å². The molecule has 0 bridgehead atoms. The number of unbranched alkanes of at least 4 members (excludes halogenated alkanes) is 1. The molecule has 5 atom stereocenters. The summed E-state index contributed by atoms with van der Waals surface area (Å²) >= 11 is 0. The summed E-state index contributed by atoms with van der Waals surface area (Å²) in [4.78, 5) is 53.5. The molecule has 13 nitrogen and oxygen atoms in total. The van der Waals surface area contributed by atoms with Gasteiger partial charge in [0.25, 0.3) is 5.91 Å². The van der Waals surface area contributed by atoms with E-state index in [1.165, 1.54) is 0 Å². The van der Waals surface area contributed by atoms with Gasteiger partial charge in [-0.1, -0.05) is 13.0 Å². The number of allylic oxidation sites excluding steroid dienone is 1. The third-order valence-corrected chi connectivity index (χ3v) is 8.91. The number of aliphatic hydroxyl groups is 1. The first-order valence-electron chi connectivity index (χ1n) is 13.6. The number of aliphatic hydroxyl groups excluding tert-OH is 1. The maximum atomic E-state index is 13.6. The zero-order valence-corrected chi connectivity index (χ0v) is 24.4. The predicted molar refractivity (Wildman–Crippen MR) is 144 cm³/mol. The number of carbonyl (C=O) groups is 4. The van der Waals surface area contributed by atoms with E-state index < -0.39 is 68.4 Å². The van der Waals surface area contributed by atoms with Crippen LogP contribution in [0.2, 0.25) is 0 Å². The minimum atomic E-state index is -3.82. The molecule has 0 aromatic carbocycles. The number of rotatable bonds is 13. The van der Waals surface area contributed by atoms with Crippen molar-refractivity contribution in [3.8, 4) is 0 Å². The summed E-state index contributed by atoms with van der Waals surface area (Å²) in [5, 5.41) is 14.9. The minimum absolute atomic E-state index is 0.0939. The molecular formula is C26H42N4O9S. The average molecular weight is 587 g/mol. The van der Waals surface area contributed by atoms with Crippen LogP contribution >= 0.6 is 0 Å². The fourth-order valence-electron chi connectivity index (χ4n) is 4.62. The maximum absolute atomic E-state index is 13.6. The number of nitrogens with one attached hydrogen (secondary N) is 3. The highest BCUT2D eigenvalue weighted by Crippen LogP contribution is 2.44. The highest BCUT2D eigenvalue weighted by atomic mass is 32.2. The van der Waals surface area contributed by atoms with Gasteiger partial charge in [-0.3, -0.25) is 19.1 Å². The number of amides is 4. The fraction of sp³-hybridized carbons (Fsp3) is 0.769. The van der Waals surface area contributed by atoms with E-state index in [4.69, 9.17) is 9.47 Å². The standard InChI is InChI=1S/C26H42N4O9S/c1-6-7-8-11-38-15-19(27-24(35)39-25(3,4)5)22(33)30-14-17(31)12-20(30)21(32)28-26(13-16(26)2)23(34)29-40(36,37)18-9-10-18/h6,16-20,31H,1,7-15H2,2-5H3,(H,27,35)(H,28,32)(H,29,34)/t16-,17-,19+,20+,26-/m1/s1. The maximum Gasteiger partial charge on any atom is 0.408 e. The van der Waals surface area contributed by atoms with Crippen molar-refractivity contribution in [3.05, 3.63) is 12.7 Å². The van der Waals surface area contributed by atoms with E-state index in [0.29, 0.717) is 32.3 Å². The Bertz CT molecular complexity index is 1100. The van der Waals surface area contributed by atoms with E-state index in [9.17, 15) is 32.7 Å². The van der Waals surface area contributed by atoms with Gasteiger partial charge >= 0.3 is 6.09 Å².